The zero-order chi connectivity index (χ0) is 14.9. The third-order valence-corrected chi connectivity index (χ3v) is 2.69. The highest BCUT2D eigenvalue weighted by Gasteiger charge is 2.21. The summed E-state index contributed by atoms with van der Waals surface area (Å²) in [5, 5.41) is 6.05. The molecule has 0 saturated carbocycles. The van der Waals surface area contributed by atoms with Crippen molar-refractivity contribution in [3.05, 3.63) is 47.2 Å². The number of nitrogens with one attached hydrogen (secondary N) is 1. The van der Waals surface area contributed by atoms with Crippen molar-refractivity contribution in [2.45, 2.75) is 26.2 Å². The molecule has 1 aromatic carbocycles. The molecule has 0 radical (unpaired) electrons. The fourth-order valence-corrected chi connectivity index (χ4v) is 1.55. The highest BCUT2D eigenvalue weighted by Crippen LogP contribution is 2.24. The van der Waals surface area contributed by atoms with Crippen LogP contribution in [0.25, 0.3) is 0 Å². The Bertz CT molecular complexity index is 645. The number of anilines is 1. The quantitative estimate of drug-likeness (QED) is 0.916. The topological polar surface area (TPSA) is 55.1 Å². The van der Waals surface area contributed by atoms with Crippen LogP contribution in [0.15, 0.2) is 28.8 Å². The maximum absolute atomic E-state index is 13.5. The summed E-state index contributed by atoms with van der Waals surface area (Å²) in [6.45, 7) is 5.77. The van der Waals surface area contributed by atoms with E-state index < -0.39 is 17.5 Å². The van der Waals surface area contributed by atoms with Crippen molar-refractivity contribution < 1.29 is 18.1 Å². The smallest absolute Gasteiger partial charge is 0.259 e. The summed E-state index contributed by atoms with van der Waals surface area (Å²) in [6, 6.07) is 4.95. The van der Waals surface area contributed by atoms with E-state index in [1.807, 2.05) is 20.8 Å². The minimum atomic E-state index is -1.19. The van der Waals surface area contributed by atoms with Gasteiger partial charge in [-0.05, 0) is 12.1 Å². The standard InChI is InChI=1S/C14H14F2N2O2/c1-14(2,3)10-7-11(18-20-10)17-13(19)8-5-4-6-9(15)12(8)16/h4-7H,1-3H3,(H,17,18,19). The van der Waals surface area contributed by atoms with Crippen molar-refractivity contribution in [3.8, 4) is 0 Å². The average Bonchev–Trinajstić information content (AvgIpc) is 2.81. The first-order chi connectivity index (χ1) is 9.29. The number of aromatic nitrogens is 1. The van der Waals surface area contributed by atoms with E-state index in [9.17, 15) is 13.6 Å². The third-order valence-electron chi connectivity index (χ3n) is 2.69. The average molecular weight is 280 g/mol. The first-order valence-electron chi connectivity index (χ1n) is 6.01. The number of nitrogens with zero attached hydrogens (tertiary/aromatic N) is 1. The van der Waals surface area contributed by atoms with Crippen LogP contribution >= 0.6 is 0 Å². The Morgan fingerprint density at radius 1 is 1.30 bits per heavy atom. The Hall–Kier alpha value is -2.24. The monoisotopic (exact) mass is 280 g/mol. The fraction of sp³-hybridized carbons (Fsp3) is 0.286. The van der Waals surface area contributed by atoms with Gasteiger partial charge in [-0.15, -0.1) is 0 Å². The first kappa shape index (κ1) is 14.2. The second kappa shape index (κ2) is 5.03. The summed E-state index contributed by atoms with van der Waals surface area (Å²) in [7, 11) is 0. The molecule has 1 N–H and O–H groups in total. The number of hydrogen-bond acceptors (Lipinski definition) is 3. The van der Waals surface area contributed by atoms with Crippen molar-refractivity contribution in [1.29, 1.82) is 0 Å². The normalized spacial score (nSPS) is 11.4. The van der Waals surface area contributed by atoms with Gasteiger partial charge < -0.3 is 9.84 Å². The second-order valence-corrected chi connectivity index (χ2v) is 5.38. The number of hydrogen-bond donors (Lipinski definition) is 1. The molecule has 0 unspecified atom stereocenters. The van der Waals surface area contributed by atoms with Gasteiger partial charge in [0, 0.05) is 11.5 Å². The maximum atomic E-state index is 13.5. The molecule has 6 heteroatoms. The fourth-order valence-electron chi connectivity index (χ4n) is 1.55. The van der Waals surface area contributed by atoms with Gasteiger partial charge in [0.1, 0.15) is 5.76 Å². The highest BCUT2D eigenvalue weighted by molar-refractivity contribution is 6.03. The lowest BCUT2D eigenvalue weighted by Crippen LogP contribution is -2.15. The molecule has 0 spiro atoms. The molecule has 2 aromatic rings. The molecule has 1 heterocycles. The summed E-state index contributed by atoms with van der Waals surface area (Å²) in [5.41, 5.74) is -0.648. The van der Waals surface area contributed by atoms with E-state index in [0.717, 1.165) is 6.07 Å². The maximum Gasteiger partial charge on any atom is 0.259 e. The van der Waals surface area contributed by atoms with Crippen LogP contribution < -0.4 is 5.32 Å². The van der Waals surface area contributed by atoms with E-state index in [0.29, 0.717) is 5.76 Å². The van der Waals surface area contributed by atoms with E-state index in [4.69, 9.17) is 4.52 Å². The van der Waals surface area contributed by atoms with Gasteiger partial charge in [0.15, 0.2) is 17.5 Å². The second-order valence-electron chi connectivity index (χ2n) is 5.38. The summed E-state index contributed by atoms with van der Waals surface area (Å²) in [5.74, 6) is -2.32. The van der Waals surface area contributed by atoms with Crippen LogP contribution in [0.2, 0.25) is 0 Å². The predicted molar refractivity (Wildman–Crippen MR) is 69.5 cm³/mol. The van der Waals surface area contributed by atoms with Crippen LogP contribution in [0.5, 0.6) is 0 Å². The Balaban J connectivity index is 2.20. The molecular formula is C14H14F2N2O2. The molecule has 1 aromatic heterocycles. The number of amides is 1. The van der Waals surface area contributed by atoms with Gasteiger partial charge in [-0.25, -0.2) is 8.78 Å². The number of halogens is 2. The van der Waals surface area contributed by atoms with Crippen LogP contribution in [0.1, 0.15) is 36.9 Å². The lowest BCUT2D eigenvalue weighted by molar-refractivity contribution is 0.102. The van der Waals surface area contributed by atoms with Crippen molar-refractivity contribution in [1.82, 2.24) is 5.16 Å². The van der Waals surface area contributed by atoms with Crippen LogP contribution in [0.3, 0.4) is 0 Å². The molecule has 0 bridgehead atoms. The molecule has 20 heavy (non-hydrogen) atoms. The minimum Gasteiger partial charge on any atom is -0.359 e. The predicted octanol–water partition coefficient (Wildman–Crippen LogP) is 3.50. The number of benzene rings is 1. The van der Waals surface area contributed by atoms with Crippen molar-refractivity contribution in [2.24, 2.45) is 0 Å². The minimum absolute atomic E-state index is 0.156. The van der Waals surface area contributed by atoms with E-state index in [1.165, 1.54) is 12.1 Å². The van der Waals surface area contributed by atoms with Gasteiger partial charge in [0.25, 0.3) is 5.91 Å². The van der Waals surface area contributed by atoms with Gasteiger partial charge in [-0.3, -0.25) is 4.79 Å². The number of carbonyl (C=O) groups is 1. The van der Waals surface area contributed by atoms with E-state index >= 15 is 0 Å². The molecule has 0 atom stereocenters. The molecule has 0 aliphatic rings. The summed E-state index contributed by atoms with van der Waals surface area (Å²) >= 11 is 0. The first-order valence-corrected chi connectivity index (χ1v) is 6.01. The summed E-state index contributed by atoms with van der Waals surface area (Å²) < 4.78 is 31.6. The van der Waals surface area contributed by atoms with Crippen LogP contribution in [0, 0.1) is 11.6 Å². The van der Waals surface area contributed by atoms with E-state index in [2.05, 4.69) is 10.5 Å². The molecule has 4 nitrogen and oxygen atoms in total. The van der Waals surface area contributed by atoms with Gasteiger partial charge in [0.2, 0.25) is 0 Å². The number of rotatable bonds is 2. The molecule has 0 saturated heterocycles. The lowest BCUT2D eigenvalue weighted by Gasteiger charge is -2.12. The van der Waals surface area contributed by atoms with Crippen molar-refractivity contribution >= 4 is 11.7 Å². The third kappa shape index (κ3) is 2.84. The zero-order valence-electron chi connectivity index (χ0n) is 11.3. The molecule has 0 aliphatic heterocycles. The molecular weight excluding hydrogens is 266 g/mol. The van der Waals surface area contributed by atoms with E-state index in [1.54, 1.807) is 6.07 Å². The SMILES string of the molecule is CC(C)(C)c1cc(NC(=O)c2cccc(F)c2F)no1. The number of carbonyl (C=O) groups excluding carboxylic acids is 1. The molecule has 106 valence electrons. The lowest BCUT2D eigenvalue weighted by atomic mass is 9.93. The Labute approximate surface area is 114 Å². The van der Waals surface area contributed by atoms with Crippen molar-refractivity contribution in [2.75, 3.05) is 5.32 Å². The summed E-state index contributed by atoms with van der Waals surface area (Å²) in [6.07, 6.45) is 0. The zero-order valence-corrected chi connectivity index (χ0v) is 11.3. The molecule has 1 amide bonds. The Morgan fingerprint density at radius 3 is 2.60 bits per heavy atom. The molecule has 2 rings (SSSR count). The van der Waals surface area contributed by atoms with Crippen LogP contribution in [-0.2, 0) is 5.41 Å². The largest absolute Gasteiger partial charge is 0.359 e. The molecule has 0 aliphatic carbocycles. The van der Waals surface area contributed by atoms with Gasteiger partial charge in [-0.2, -0.15) is 0 Å². The highest BCUT2D eigenvalue weighted by atomic mass is 19.2. The Morgan fingerprint density at radius 2 is 2.00 bits per heavy atom. The van der Waals surface area contributed by atoms with Crippen molar-refractivity contribution in [3.63, 3.8) is 0 Å². The van der Waals surface area contributed by atoms with Gasteiger partial charge in [0.05, 0.1) is 5.56 Å². The molecule has 0 fully saturated rings. The van der Waals surface area contributed by atoms with Crippen LogP contribution in [0.4, 0.5) is 14.6 Å². The Kier molecular flexibility index (Phi) is 3.57. The van der Waals surface area contributed by atoms with Gasteiger partial charge >= 0.3 is 0 Å². The van der Waals surface area contributed by atoms with Gasteiger partial charge in [-0.1, -0.05) is 32.0 Å². The van der Waals surface area contributed by atoms with Crippen LogP contribution in [-0.4, -0.2) is 11.1 Å². The van der Waals surface area contributed by atoms with E-state index in [-0.39, 0.29) is 16.8 Å². The summed E-state index contributed by atoms with van der Waals surface area (Å²) in [4.78, 5) is 11.8.